The van der Waals surface area contributed by atoms with Crippen molar-refractivity contribution >= 4 is 5.91 Å². The van der Waals surface area contributed by atoms with Crippen molar-refractivity contribution in [3.63, 3.8) is 0 Å². The van der Waals surface area contributed by atoms with Crippen LogP contribution in [0.2, 0.25) is 0 Å². The molecule has 0 saturated heterocycles. The van der Waals surface area contributed by atoms with E-state index in [9.17, 15) is 4.79 Å². The van der Waals surface area contributed by atoms with E-state index in [0.29, 0.717) is 31.3 Å². The molecule has 0 N–H and O–H groups in total. The average molecular weight is 407 g/mol. The van der Waals surface area contributed by atoms with Crippen LogP contribution in [0.25, 0.3) is 11.4 Å². The lowest BCUT2D eigenvalue weighted by atomic mass is 10.1. The van der Waals surface area contributed by atoms with Crippen LogP contribution in [0.3, 0.4) is 0 Å². The minimum Gasteiger partial charge on any atom is -0.486 e. The van der Waals surface area contributed by atoms with Crippen molar-refractivity contribution < 1.29 is 14.3 Å². The number of ether oxygens (including phenoxy) is 2. The Hall–Kier alpha value is -3.42. The highest BCUT2D eigenvalue weighted by atomic mass is 16.6. The molecule has 0 bridgehead atoms. The van der Waals surface area contributed by atoms with Crippen molar-refractivity contribution in [3.05, 3.63) is 54.1 Å². The highest BCUT2D eigenvalue weighted by Gasteiger charge is 2.25. The summed E-state index contributed by atoms with van der Waals surface area (Å²) in [4.78, 5) is 15.9. The van der Waals surface area contributed by atoms with Crippen molar-refractivity contribution in [2.24, 2.45) is 0 Å². The third-order valence-corrected chi connectivity index (χ3v) is 5.08. The first kappa shape index (κ1) is 19.9. The molecular weight excluding hydrogens is 382 g/mol. The Morgan fingerprint density at radius 2 is 1.90 bits per heavy atom. The monoisotopic (exact) mass is 407 g/mol. The number of tetrazole rings is 1. The van der Waals surface area contributed by atoms with Crippen molar-refractivity contribution in [1.29, 1.82) is 0 Å². The number of aryl methyl sites for hydroxylation is 1. The number of hydrogen-bond donors (Lipinski definition) is 0. The Morgan fingerprint density at radius 1 is 1.13 bits per heavy atom. The van der Waals surface area contributed by atoms with Gasteiger partial charge in [-0.05, 0) is 36.3 Å². The molecule has 1 atom stereocenters. The molecule has 8 nitrogen and oxygen atoms in total. The van der Waals surface area contributed by atoms with Crippen LogP contribution in [0.4, 0.5) is 0 Å². The van der Waals surface area contributed by atoms with E-state index in [1.165, 1.54) is 10.4 Å². The van der Waals surface area contributed by atoms with Gasteiger partial charge in [0.05, 0.1) is 6.54 Å². The average Bonchev–Trinajstić information content (AvgIpc) is 3.25. The van der Waals surface area contributed by atoms with Crippen LogP contribution in [0.15, 0.2) is 48.5 Å². The topological polar surface area (TPSA) is 82.4 Å². The Labute approximate surface area is 175 Å². The van der Waals surface area contributed by atoms with Gasteiger partial charge in [-0.1, -0.05) is 43.3 Å². The van der Waals surface area contributed by atoms with Crippen LogP contribution < -0.4 is 9.47 Å². The molecule has 1 amide bonds. The molecule has 1 aliphatic rings. The first-order valence-corrected chi connectivity index (χ1v) is 10.2. The van der Waals surface area contributed by atoms with E-state index in [2.05, 4.69) is 22.3 Å². The van der Waals surface area contributed by atoms with Crippen LogP contribution in [0.5, 0.6) is 11.5 Å². The SMILES string of the molecule is CCc1ccc(-c2nnn(CC(=O)N(CC)C[C@@H]3COc4ccccc4O3)n2)cc1. The molecule has 0 fully saturated rings. The van der Waals surface area contributed by atoms with Gasteiger partial charge in [0.2, 0.25) is 11.7 Å². The zero-order valence-electron chi connectivity index (χ0n) is 17.2. The summed E-state index contributed by atoms with van der Waals surface area (Å²) < 4.78 is 11.7. The Kier molecular flexibility index (Phi) is 5.92. The van der Waals surface area contributed by atoms with Gasteiger partial charge in [0.1, 0.15) is 13.2 Å². The normalized spacial score (nSPS) is 15.1. The summed E-state index contributed by atoms with van der Waals surface area (Å²) in [6.07, 6.45) is 0.753. The second-order valence-corrected chi connectivity index (χ2v) is 7.12. The molecule has 3 aromatic rings. The Morgan fingerprint density at radius 3 is 2.63 bits per heavy atom. The van der Waals surface area contributed by atoms with Crippen molar-refractivity contribution in [1.82, 2.24) is 25.1 Å². The molecule has 8 heteroatoms. The number of para-hydroxylation sites is 2. The van der Waals surface area contributed by atoms with E-state index >= 15 is 0 Å². The summed E-state index contributed by atoms with van der Waals surface area (Å²) in [6.45, 7) is 5.46. The minimum absolute atomic E-state index is 0.0258. The number of rotatable bonds is 7. The van der Waals surface area contributed by atoms with E-state index in [0.717, 1.165) is 17.7 Å². The fourth-order valence-electron chi connectivity index (χ4n) is 3.34. The first-order chi connectivity index (χ1) is 14.7. The van der Waals surface area contributed by atoms with Gasteiger partial charge in [0.25, 0.3) is 0 Å². The predicted molar refractivity (Wildman–Crippen MR) is 111 cm³/mol. The van der Waals surface area contributed by atoms with E-state index < -0.39 is 0 Å². The molecule has 0 spiro atoms. The summed E-state index contributed by atoms with van der Waals surface area (Å²) in [5, 5.41) is 12.5. The van der Waals surface area contributed by atoms with E-state index in [1.807, 2.05) is 55.5 Å². The highest BCUT2D eigenvalue weighted by Crippen LogP contribution is 2.31. The van der Waals surface area contributed by atoms with E-state index in [4.69, 9.17) is 9.47 Å². The smallest absolute Gasteiger partial charge is 0.246 e. The van der Waals surface area contributed by atoms with Gasteiger partial charge in [-0.15, -0.1) is 10.2 Å². The maximum atomic E-state index is 12.8. The maximum absolute atomic E-state index is 12.8. The zero-order valence-corrected chi connectivity index (χ0v) is 17.2. The van der Waals surface area contributed by atoms with Gasteiger partial charge >= 0.3 is 0 Å². The van der Waals surface area contributed by atoms with Gasteiger partial charge in [0, 0.05) is 12.1 Å². The Balaban J connectivity index is 1.37. The number of aromatic nitrogens is 4. The lowest BCUT2D eigenvalue weighted by Gasteiger charge is -2.30. The number of benzene rings is 2. The second kappa shape index (κ2) is 8.94. The lowest BCUT2D eigenvalue weighted by molar-refractivity contribution is -0.133. The fraction of sp³-hybridized carbons (Fsp3) is 0.364. The number of fused-ring (bicyclic) bond motifs is 1. The summed E-state index contributed by atoms with van der Waals surface area (Å²) in [6, 6.07) is 15.6. The third kappa shape index (κ3) is 4.42. The first-order valence-electron chi connectivity index (χ1n) is 10.2. The largest absolute Gasteiger partial charge is 0.486 e. The summed E-state index contributed by atoms with van der Waals surface area (Å²) >= 11 is 0. The summed E-state index contributed by atoms with van der Waals surface area (Å²) in [7, 11) is 0. The molecule has 1 aromatic heterocycles. The molecule has 2 heterocycles. The van der Waals surface area contributed by atoms with E-state index in [1.54, 1.807) is 4.90 Å². The quantitative estimate of drug-likeness (QED) is 0.599. The van der Waals surface area contributed by atoms with Gasteiger partial charge in [-0.3, -0.25) is 4.79 Å². The van der Waals surface area contributed by atoms with Crippen LogP contribution >= 0.6 is 0 Å². The van der Waals surface area contributed by atoms with Crippen molar-refractivity contribution in [2.45, 2.75) is 32.9 Å². The number of carbonyl (C=O) groups is 1. The van der Waals surface area contributed by atoms with Gasteiger partial charge < -0.3 is 14.4 Å². The fourth-order valence-corrected chi connectivity index (χ4v) is 3.34. The molecule has 0 saturated carbocycles. The minimum atomic E-state index is -0.222. The highest BCUT2D eigenvalue weighted by molar-refractivity contribution is 5.75. The molecule has 156 valence electrons. The van der Waals surface area contributed by atoms with Gasteiger partial charge in [-0.2, -0.15) is 4.80 Å². The molecule has 0 radical (unpaired) electrons. The molecular formula is C22H25N5O3. The second-order valence-electron chi connectivity index (χ2n) is 7.12. The molecule has 1 aliphatic heterocycles. The molecule has 0 aliphatic carbocycles. The number of amides is 1. The molecule has 4 rings (SSSR count). The van der Waals surface area contributed by atoms with Gasteiger partial charge in [-0.25, -0.2) is 0 Å². The predicted octanol–water partition coefficient (Wildman–Crippen LogP) is 2.59. The standard InChI is InChI=1S/C22H25N5O3/c1-3-16-9-11-17(12-10-16)22-23-25-27(24-22)14-21(28)26(4-2)13-18-15-29-19-7-5-6-8-20(19)30-18/h5-12,18H,3-4,13-15H2,1-2H3/t18-/m1/s1. The molecule has 0 unspecified atom stereocenters. The number of nitrogens with zero attached hydrogens (tertiary/aromatic N) is 5. The van der Waals surface area contributed by atoms with Crippen molar-refractivity contribution in [2.75, 3.05) is 19.7 Å². The van der Waals surface area contributed by atoms with Crippen LogP contribution in [-0.2, 0) is 17.8 Å². The molecule has 2 aromatic carbocycles. The van der Waals surface area contributed by atoms with E-state index in [-0.39, 0.29) is 18.6 Å². The van der Waals surface area contributed by atoms with Crippen molar-refractivity contribution in [3.8, 4) is 22.9 Å². The molecule has 30 heavy (non-hydrogen) atoms. The Bertz CT molecular complexity index is 1000. The lowest BCUT2D eigenvalue weighted by Crippen LogP contribution is -2.44. The number of carbonyl (C=O) groups excluding carboxylic acids is 1. The van der Waals surface area contributed by atoms with Crippen LogP contribution in [-0.4, -0.2) is 56.8 Å². The zero-order chi connectivity index (χ0) is 20.9. The van der Waals surface area contributed by atoms with Crippen LogP contribution in [0, 0.1) is 0 Å². The third-order valence-electron chi connectivity index (χ3n) is 5.08. The maximum Gasteiger partial charge on any atom is 0.246 e. The number of likely N-dealkylation sites (N-methyl/N-ethyl adjacent to an activating group) is 1. The summed E-state index contributed by atoms with van der Waals surface area (Å²) in [5.74, 6) is 1.85. The van der Waals surface area contributed by atoms with Gasteiger partial charge in [0.15, 0.2) is 17.6 Å². The summed E-state index contributed by atoms with van der Waals surface area (Å²) in [5.41, 5.74) is 2.13. The number of hydrogen-bond acceptors (Lipinski definition) is 6. The van der Waals surface area contributed by atoms with Crippen LogP contribution in [0.1, 0.15) is 19.4 Å².